The van der Waals surface area contributed by atoms with Gasteiger partial charge in [0.25, 0.3) is 5.91 Å². The van der Waals surface area contributed by atoms with Gasteiger partial charge in [0, 0.05) is 19.5 Å². The van der Waals surface area contributed by atoms with E-state index < -0.39 is 0 Å². The molecule has 0 saturated carbocycles. The first kappa shape index (κ1) is 20.0. The summed E-state index contributed by atoms with van der Waals surface area (Å²) < 4.78 is 10.8. The third-order valence-electron chi connectivity index (χ3n) is 4.39. The second-order valence-corrected chi connectivity index (χ2v) is 6.40. The number of ether oxygens (including phenoxy) is 2. The summed E-state index contributed by atoms with van der Waals surface area (Å²) in [6.45, 7) is 4.87. The van der Waals surface area contributed by atoms with Crippen LogP contribution in [0.5, 0.6) is 11.5 Å². The van der Waals surface area contributed by atoms with Crippen molar-refractivity contribution in [1.29, 1.82) is 0 Å². The zero-order chi connectivity index (χ0) is 18.8. The smallest absolute Gasteiger partial charge is 0.257 e. The molecule has 3 N–H and O–H groups in total. The van der Waals surface area contributed by atoms with Gasteiger partial charge >= 0.3 is 0 Å². The minimum Gasteiger partial charge on any atom is -0.493 e. The van der Waals surface area contributed by atoms with Crippen LogP contribution in [0.25, 0.3) is 0 Å². The number of nitrogens with one attached hydrogen (secondary N) is 3. The molecule has 1 unspecified atom stereocenters. The van der Waals surface area contributed by atoms with E-state index in [1.807, 2.05) is 19.1 Å². The molecule has 7 heteroatoms. The van der Waals surface area contributed by atoms with Crippen molar-refractivity contribution in [2.75, 3.05) is 33.4 Å². The molecule has 1 saturated heterocycles. The van der Waals surface area contributed by atoms with E-state index in [9.17, 15) is 9.59 Å². The lowest BCUT2D eigenvalue weighted by molar-refractivity contribution is -0.123. The monoisotopic (exact) mass is 363 g/mol. The average molecular weight is 363 g/mol. The summed E-state index contributed by atoms with van der Waals surface area (Å²) in [4.78, 5) is 23.5. The van der Waals surface area contributed by atoms with Gasteiger partial charge in [-0.25, -0.2) is 0 Å². The Bertz CT molecular complexity index is 600. The molecule has 1 aliphatic heterocycles. The summed E-state index contributed by atoms with van der Waals surface area (Å²) >= 11 is 0. The van der Waals surface area contributed by atoms with Gasteiger partial charge in [-0.05, 0) is 56.5 Å². The van der Waals surface area contributed by atoms with Crippen molar-refractivity contribution >= 4 is 11.8 Å². The number of hydrogen-bond acceptors (Lipinski definition) is 5. The van der Waals surface area contributed by atoms with Crippen LogP contribution in [0.4, 0.5) is 0 Å². The number of rotatable bonds is 10. The Labute approximate surface area is 154 Å². The van der Waals surface area contributed by atoms with E-state index in [0.29, 0.717) is 36.9 Å². The van der Waals surface area contributed by atoms with Crippen LogP contribution in [0.1, 0.15) is 31.7 Å². The van der Waals surface area contributed by atoms with Gasteiger partial charge in [0.1, 0.15) is 0 Å². The molecule has 0 radical (unpaired) electrons. The van der Waals surface area contributed by atoms with Crippen LogP contribution in [-0.4, -0.2) is 45.2 Å². The van der Waals surface area contributed by atoms with Gasteiger partial charge in [-0.3, -0.25) is 9.59 Å². The van der Waals surface area contributed by atoms with Gasteiger partial charge in [0.05, 0.1) is 7.11 Å². The van der Waals surface area contributed by atoms with Crippen LogP contribution >= 0.6 is 0 Å². The van der Waals surface area contributed by atoms with Crippen LogP contribution in [-0.2, 0) is 16.1 Å². The van der Waals surface area contributed by atoms with E-state index in [-0.39, 0.29) is 18.4 Å². The Hall–Kier alpha value is -2.28. The van der Waals surface area contributed by atoms with E-state index in [2.05, 4.69) is 16.0 Å². The molecule has 2 rings (SSSR count). The predicted octanol–water partition coefficient (Wildman–Crippen LogP) is 1.22. The van der Waals surface area contributed by atoms with Gasteiger partial charge in [-0.15, -0.1) is 0 Å². The van der Waals surface area contributed by atoms with Gasteiger partial charge in [-0.2, -0.15) is 0 Å². The molecule has 144 valence electrons. The molecule has 1 atom stereocenters. The van der Waals surface area contributed by atoms with Crippen LogP contribution in [0.2, 0.25) is 0 Å². The molecule has 1 aromatic rings. The van der Waals surface area contributed by atoms with Crippen molar-refractivity contribution in [2.45, 2.75) is 32.7 Å². The molecule has 1 heterocycles. The summed E-state index contributed by atoms with van der Waals surface area (Å²) in [7, 11) is 1.55. The Kier molecular flexibility index (Phi) is 8.21. The number of benzene rings is 1. The van der Waals surface area contributed by atoms with Crippen molar-refractivity contribution in [3.63, 3.8) is 0 Å². The molecular formula is C19H29N3O4. The van der Waals surface area contributed by atoms with E-state index in [4.69, 9.17) is 9.47 Å². The topological polar surface area (TPSA) is 88.7 Å². The number of amides is 2. The fourth-order valence-corrected chi connectivity index (χ4v) is 2.92. The zero-order valence-electron chi connectivity index (χ0n) is 15.6. The SMILES string of the molecule is CCNC(=O)COc1ccc(CNC(=O)CCC2CCNC2)cc1OC. The first-order chi connectivity index (χ1) is 12.6. The van der Waals surface area contributed by atoms with Gasteiger partial charge in [-0.1, -0.05) is 6.07 Å². The summed E-state index contributed by atoms with van der Waals surface area (Å²) in [5, 5.41) is 8.93. The minimum absolute atomic E-state index is 0.0592. The molecular weight excluding hydrogens is 334 g/mol. The van der Waals surface area contributed by atoms with Gasteiger partial charge < -0.3 is 25.4 Å². The number of carbonyl (C=O) groups is 2. The van der Waals surface area contributed by atoms with Crippen molar-refractivity contribution in [3.05, 3.63) is 23.8 Å². The van der Waals surface area contributed by atoms with Crippen LogP contribution < -0.4 is 25.4 Å². The Morgan fingerprint density at radius 1 is 1.23 bits per heavy atom. The zero-order valence-corrected chi connectivity index (χ0v) is 15.6. The highest BCUT2D eigenvalue weighted by Crippen LogP contribution is 2.28. The quantitative estimate of drug-likeness (QED) is 0.582. The average Bonchev–Trinajstić information content (AvgIpc) is 3.17. The lowest BCUT2D eigenvalue weighted by Gasteiger charge is -2.13. The lowest BCUT2D eigenvalue weighted by atomic mass is 10.0. The fraction of sp³-hybridized carbons (Fsp3) is 0.579. The molecule has 7 nitrogen and oxygen atoms in total. The lowest BCUT2D eigenvalue weighted by Crippen LogP contribution is -2.28. The Morgan fingerprint density at radius 2 is 2.08 bits per heavy atom. The summed E-state index contributed by atoms with van der Waals surface area (Å²) in [5.41, 5.74) is 0.920. The molecule has 0 spiro atoms. The van der Waals surface area contributed by atoms with E-state index in [1.165, 1.54) is 0 Å². The van der Waals surface area contributed by atoms with Crippen molar-refractivity contribution < 1.29 is 19.1 Å². The largest absolute Gasteiger partial charge is 0.493 e. The fourth-order valence-electron chi connectivity index (χ4n) is 2.92. The molecule has 1 aromatic carbocycles. The number of methoxy groups -OCH3 is 1. The molecule has 26 heavy (non-hydrogen) atoms. The maximum absolute atomic E-state index is 12.0. The Morgan fingerprint density at radius 3 is 2.77 bits per heavy atom. The summed E-state index contributed by atoms with van der Waals surface area (Å²) in [6, 6.07) is 5.43. The van der Waals surface area contributed by atoms with Gasteiger partial charge in [0.15, 0.2) is 18.1 Å². The van der Waals surface area contributed by atoms with E-state index in [0.717, 1.165) is 31.5 Å². The summed E-state index contributed by atoms with van der Waals surface area (Å²) in [5.74, 6) is 1.54. The molecule has 0 aromatic heterocycles. The molecule has 1 fully saturated rings. The molecule has 0 bridgehead atoms. The van der Waals surface area contributed by atoms with Crippen LogP contribution in [0.3, 0.4) is 0 Å². The highest BCUT2D eigenvalue weighted by atomic mass is 16.5. The van der Waals surface area contributed by atoms with E-state index in [1.54, 1.807) is 13.2 Å². The highest BCUT2D eigenvalue weighted by Gasteiger charge is 2.15. The first-order valence-corrected chi connectivity index (χ1v) is 9.16. The Balaban J connectivity index is 1.79. The maximum Gasteiger partial charge on any atom is 0.257 e. The van der Waals surface area contributed by atoms with Crippen molar-refractivity contribution in [3.8, 4) is 11.5 Å². The normalized spacial score (nSPS) is 16.2. The van der Waals surface area contributed by atoms with Crippen LogP contribution in [0, 0.1) is 5.92 Å². The van der Waals surface area contributed by atoms with Crippen molar-refractivity contribution in [1.82, 2.24) is 16.0 Å². The molecule has 0 aliphatic carbocycles. The first-order valence-electron chi connectivity index (χ1n) is 9.16. The predicted molar refractivity (Wildman–Crippen MR) is 99.2 cm³/mol. The third kappa shape index (κ3) is 6.55. The molecule has 2 amide bonds. The number of likely N-dealkylation sites (N-methyl/N-ethyl adjacent to an activating group) is 1. The standard InChI is InChI=1S/C19H29N3O4/c1-3-21-19(24)13-26-16-6-4-15(10-17(16)25-2)12-22-18(23)7-5-14-8-9-20-11-14/h4,6,10,14,20H,3,5,7-9,11-13H2,1-2H3,(H,21,24)(H,22,23). The highest BCUT2D eigenvalue weighted by molar-refractivity contribution is 5.77. The minimum atomic E-state index is -0.177. The van der Waals surface area contributed by atoms with Crippen LogP contribution in [0.15, 0.2) is 18.2 Å². The maximum atomic E-state index is 12.0. The number of hydrogen-bond donors (Lipinski definition) is 3. The van der Waals surface area contributed by atoms with Crippen molar-refractivity contribution in [2.24, 2.45) is 5.92 Å². The molecule has 1 aliphatic rings. The summed E-state index contributed by atoms with van der Waals surface area (Å²) in [6.07, 6.45) is 2.63. The second-order valence-electron chi connectivity index (χ2n) is 6.40. The van der Waals surface area contributed by atoms with E-state index >= 15 is 0 Å². The number of carbonyl (C=O) groups excluding carboxylic acids is 2. The third-order valence-corrected chi connectivity index (χ3v) is 4.39. The van der Waals surface area contributed by atoms with Gasteiger partial charge in [0.2, 0.25) is 5.91 Å². The second kappa shape index (κ2) is 10.7.